The summed E-state index contributed by atoms with van der Waals surface area (Å²) in [7, 11) is 0. The largest absolute Gasteiger partial charge is 0.356 e. The first-order chi connectivity index (χ1) is 14.5. The molecule has 30 heavy (non-hydrogen) atoms. The molecule has 2 aromatic rings. The van der Waals surface area contributed by atoms with Crippen LogP contribution in [0, 0.1) is 12.7 Å². The van der Waals surface area contributed by atoms with Crippen LogP contribution in [-0.4, -0.2) is 25.0 Å². The second-order valence-electron chi connectivity index (χ2n) is 7.44. The summed E-state index contributed by atoms with van der Waals surface area (Å²) >= 11 is 0. The molecule has 2 aromatic carbocycles. The highest BCUT2D eigenvalue weighted by atomic mass is 19.1. The Morgan fingerprint density at radius 2 is 1.63 bits per heavy atom. The third-order valence-electron chi connectivity index (χ3n) is 4.82. The van der Waals surface area contributed by atoms with Crippen LogP contribution < -0.4 is 15.5 Å². The number of aryl methyl sites for hydroxylation is 1. The maximum Gasteiger partial charge on any atom is 0.326 e. The Bertz CT molecular complexity index is 791. The topological polar surface area (TPSA) is 61.4 Å². The van der Waals surface area contributed by atoms with Gasteiger partial charge in [-0.25, -0.2) is 9.18 Å². The van der Waals surface area contributed by atoms with Crippen molar-refractivity contribution < 1.29 is 14.0 Å². The molecule has 0 bridgehead atoms. The minimum atomic E-state index is -0.354. The molecule has 2 N–H and O–H groups in total. The standard InChI is InChI=1S/C24H32FN3O2/c1-3-4-5-6-8-23(29)26-17-7-18-28(22-15-11-20(25)12-16-22)24(30)27-21-13-9-19(2)10-14-21/h9-16H,3-8,17-18H2,1-2H3,(H,26,29)(H,27,30). The van der Waals surface area contributed by atoms with Gasteiger partial charge in [-0.3, -0.25) is 9.69 Å². The first kappa shape index (κ1) is 23.4. The van der Waals surface area contributed by atoms with E-state index in [2.05, 4.69) is 17.6 Å². The monoisotopic (exact) mass is 413 g/mol. The lowest BCUT2D eigenvalue weighted by Crippen LogP contribution is -2.37. The minimum absolute atomic E-state index is 0.0449. The molecule has 0 saturated heterocycles. The van der Waals surface area contributed by atoms with E-state index in [4.69, 9.17) is 0 Å². The summed E-state index contributed by atoms with van der Waals surface area (Å²) in [4.78, 5) is 26.3. The van der Waals surface area contributed by atoms with Gasteiger partial charge < -0.3 is 10.6 Å². The van der Waals surface area contributed by atoms with Crippen molar-refractivity contribution >= 4 is 23.3 Å². The van der Waals surface area contributed by atoms with Crippen molar-refractivity contribution in [1.29, 1.82) is 0 Å². The van der Waals surface area contributed by atoms with E-state index in [0.29, 0.717) is 37.3 Å². The predicted octanol–water partition coefficient (Wildman–Crippen LogP) is 5.65. The highest BCUT2D eigenvalue weighted by Gasteiger charge is 2.16. The normalized spacial score (nSPS) is 10.5. The molecule has 0 aliphatic rings. The number of halogens is 1. The van der Waals surface area contributed by atoms with Gasteiger partial charge in [-0.1, -0.05) is 43.9 Å². The maximum atomic E-state index is 13.3. The van der Waals surface area contributed by atoms with Crippen LogP contribution >= 0.6 is 0 Å². The van der Waals surface area contributed by atoms with E-state index in [1.54, 1.807) is 17.0 Å². The fourth-order valence-electron chi connectivity index (χ4n) is 3.06. The van der Waals surface area contributed by atoms with Crippen LogP contribution in [0.5, 0.6) is 0 Å². The average molecular weight is 414 g/mol. The molecule has 0 saturated carbocycles. The molecule has 0 spiro atoms. The van der Waals surface area contributed by atoms with E-state index >= 15 is 0 Å². The number of hydrogen-bond donors (Lipinski definition) is 2. The Hall–Kier alpha value is -2.89. The van der Waals surface area contributed by atoms with Gasteiger partial charge in [0.05, 0.1) is 0 Å². The zero-order valence-electron chi connectivity index (χ0n) is 17.9. The molecule has 6 heteroatoms. The van der Waals surface area contributed by atoms with Gasteiger partial charge in [-0.2, -0.15) is 0 Å². The second-order valence-corrected chi connectivity index (χ2v) is 7.44. The number of urea groups is 1. The van der Waals surface area contributed by atoms with Crippen molar-refractivity contribution in [2.24, 2.45) is 0 Å². The molecule has 0 atom stereocenters. The number of anilines is 2. The van der Waals surface area contributed by atoms with Crippen molar-refractivity contribution in [2.45, 2.75) is 52.4 Å². The Kier molecular flexibility index (Phi) is 9.84. The summed E-state index contributed by atoms with van der Waals surface area (Å²) in [6.45, 7) is 5.01. The zero-order chi connectivity index (χ0) is 21.8. The fraction of sp³-hybridized carbons (Fsp3) is 0.417. The van der Waals surface area contributed by atoms with E-state index in [-0.39, 0.29) is 17.8 Å². The molecule has 0 radical (unpaired) electrons. The molecule has 0 fully saturated rings. The number of carbonyl (C=O) groups excluding carboxylic acids is 2. The van der Waals surface area contributed by atoms with E-state index < -0.39 is 0 Å². The Morgan fingerprint density at radius 3 is 2.30 bits per heavy atom. The summed E-state index contributed by atoms with van der Waals surface area (Å²) in [5.41, 5.74) is 2.40. The summed E-state index contributed by atoms with van der Waals surface area (Å²) in [6, 6.07) is 13.1. The van der Waals surface area contributed by atoms with E-state index in [1.165, 1.54) is 12.1 Å². The summed E-state index contributed by atoms with van der Waals surface area (Å²) in [5.74, 6) is -0.309. The predicted molar refractivity (Wildman–Crippen MR) is 120 cm³/mol. The zero-order valence-corrected chi connectivity index (χ0v) is 17.9. The van der Waals surface area contributed by atoms with Crippen molar-refractivity contribution in [3.63, 3.8) is 0 Å². The van der Waals surface area contributed by atoms with Gasteiger partial charge in [0.15, 0.2) is 0 Å². The first-order valence-corrected chi connectivity index (χ1v) is 10.7. The van der Waals surface area contributed by atoms with Crippen LogP contribution in [-0.2, 0) is 4.79 Å². The van der Waals surface area contributed by atoms with Crippen molar-refractivity contribution in [1.82, 2.24) is 5.32 Å². The van der Waals surface area contributed by atoms with Gasteiger partial charge in [0.1, 0.15) is 5.82 Å². The first-order valence-electron chi connectivity index (χ1n) is 10.7. The molecule has 0 aliphatic carbocycles. The second kappa shape index (κ2) is 12.6. The SMILES string of the molecule is CCCCCCC(=O)NCCCN(C(=O)Nc1ccc(C)cc1)c1ccc(F)cc1. The number of benzene rings is 2. The summed E-state index contributed by atoms with van der Waals surface area (Å²) < 4.78 is 13.3. The third kappa shape index (κ3) is 8.23. The third-order valence-corrected chi connectivity index (χ3v) is 4.82. The van der Waals surface area contributed by atoms with Crippen LogP contribution in [0.15, 0.2) is 48.5 Å². The number of hydrogen-bond acceptors (Lipinski definition) is 2. The summed E-state index contributed by atoms with van der Waals surface area (Å²) in [5, 5.41) is 5.79. The van der Waals surface area contributed by atoms with Crippen LogP contribution in [0.3, 0.4) is 0 Å². The molecular weight excluding hydrogens is 381 g/mol. The smallest absolute Gasteiger partial charge is 0.326 e. The van der Waals surface area contributed by atoms with Gasteiger partial charge in [0.2, 0.25) is 5.91 Å². The Morgan fingerprint density at radius 1 is 0.933 bits per heavy atom. The van der Waals surface area contributed by atoms with Crippen LogP contribution in [0.2, 0.25) is 0 Å². The van der Waals surface area contributed by atoms with Crippen LogP contribution in [0.25, 0.3) is 0 Å². The van der Waals surface area contributed by atoms with Gasteiger partial charge in [0.25, 0.3) is 0 Å². The molecule has 0 aromatic heterocycles. The van der Waals surface area contributed by atoms with E-state index in [9.17, 15) is 14.0 Å². The van der Waals surface area contributed by atoms with E-state index in [1.807, 2.05) is 31.2 Å². The number of unbranched alkanes of at least 4 members (excludes halogenated alkanes) is 3. The molecule has 162 valence electrons. The highest BCUT2D eigenvalue weighted by molar-refractivity contribution is 6.01. The molecule has 3 amide bonds. The van der Waals surface area contributed by atoms with Gasteiger partial charge >= 0.3 is 6.03 Å². The summed E-state index contributed by atoms with van der Waals surface area (Å²) in [6.07, 6.45) is 5.40. The van der Waals surface area contributed by atoms with Crippen molar-refractivity contribution in [3.8, 4) is 0 Å². The average Bonchev–Trinajstić information content (AvgIpc) is 2.74. The van der Waals surface area contributed by atoms with Gasteiger partial charge in [0, 0.05) is 30.9 Å². The minimum Gasteiger partial charge on any atom is -0.356 e. The number of amides is 3. The molecule has 0 aliphatic heterocycles. The Balaban J connectivity index is 1.90. The quantitative estimate of drug-likeness (QED) is 0.468. The molecule has 0 heterocycles. The number of nitrogens with one attached hydrogen (secondary N) is 2. The lowest BCUT2D eigenvalue weighted by atomic mass is 10.1. The number of nitrogens with zero attached hydrogens (tertiary/aromatic N) is 1. The van der Waals surface area contributed by atoms with Gasteiger partial charge in [-0.15, -0.1) is 0 Å². The lowest BCUT2D eigenvalue weighted by Gasteiger charge is -2.23. The van der Waals surface area contributed by atoms with Crippen LogP contribution in [0.1, 0.15) is 51.0 Å². The van der Waals surface area contributed by atoms with Crippen molar-refractivity contribution in [3.05, 3.63) is 59.9 Å². The number of carbonyl (C=O) groups is 2. The van der Waals surface area contributed by atoms with Crippen molar-refractivity contribution in [2.75, 3.05) is 23.3 Å². The number of rotatable bonds is 11. The molecule has 2 rings (SSSR count). The maximum absolute atomic E-state index is 13.3. The van der Waals surface area contributed by atoms with Crippen LogP contribution in [0.4, 0.5) is 20.6 Å². The highest BCUT2D eigenvalue weighted by Crippen LogP contribution is 2.18. The lowest BCUT2D eigenvalue weighted by molar-refractivity contribution is -0.121. The molecule has 5 nitrogen and oxygen atoms in total. The van der Waals surface area contributed by atoms with E-state index in [0.717, 1.165) is 31.2 Å². The van der Waals surface area contributed by atoms with Gasteiger partial charge in [-0.05, 0) is 56.2 Å². The fourth-order valence-corrected chi connectivity index (χ4v) is 3.06. The molecule has 0 unspecified atom stereocenters. The Labute approximate surface area is 178 Å². The molecular formula is C24H32FN3O2.